The number of ketones is 1. The van der Waals surface area contributed by atoms with Crippen LogP contribution < -0.4 is 4.74 Å². The van der Waals surface area contributed by atoms with Gasteiger partial charge in [0, 0.05) is 40.6 Å². The van der Waals surface area contributed by atoms with Crippen LogP contribution in [-0.2, 0) is 6.54 Å². The Morgan fingerprint density at radius 2 is 1.85 bits per heavy atom. The number of aromatic nitrogens is 5. The quantitative estimate of drug-likeness (QED) is 0.338. The van der Waals surface area contributed by atoms with E-state index in [1.807, 2.05) is 49.4 Å². The molecule has 0 saturated carbocycles. The van der Waals surface area contributed by atoms with Gasteiger partial charge in [0.1, 0.15) is 5.75 Å². The lowest BCUT2D eigenvalue weighted by molar-refractivity contribution is 0.100. The number of ether oxygens (including phenoxy) is 1. The van der Waals surface area contributed by atoms with E-state index in [1.165, 1.54) is 0 Å². The molecule has 8 nitrogen and oxygen atoms in total. The molecule has 0 bridgehead atoms. The number of methoxy groups -OCH3 is 1. The van der Waals surface area contributed by atoms with E-state index in [0.717, 1.165) is 22.2 Å². The minimum Gasteiger partial charge on any atom is -0.497 e. The maximum atomic E-state index is 13.5. The van der Waals surface area contributed by atoms with Crippen molar-refractivity contribution < 1.29 is 13.9 Å². The van der Waals surface area contributed by atoms with E-state index in [1.54, 1.807) is 25.6 Å². The summed E-state index contributed by atoms with van der Waals surface area (Å²) in [5.41, 5.74) is 3.18. The Kier molecular flexibility index (Phi) is 5.35. The summed E-state index contributed by atoms with van der Waals surface area (Å²) < 4.78 is 13.1. The van der Waals surface area contributed by atoms with Crippen LogP contribution in [0.15, 0.2) is 65.3 Å². The van der Waals surface area contributed by atoms with Crippen molar-refractivity contribution in [3.63, 3.8) is 0 Å². The van der Waals surface area contributed by atoms with Gasteiger partial charge in [-0.3, -0.25) is 4.79 Å². The second kappa shape index (κ2) is 8.48. The van der Waals surface area contributed by atoms with Gasteiger partial charge in [-0.25, -0.2) is 9.97 Å². The highest BCUT2D eigenvalue weighted by Gasteiger charge is 2.26. The maximum Gasteiger partial charge on any atom is 0.289 e. The van der Waals surface area contributed by atoms with Crippen molar-refractivity contribution in [2.45, 2.75) is 13.5 Å². The highest BCUT2D eigenvalue weighted by atomic mass is 35.5. The third-order valence-electron chi connectivity index (χ3n) is 5.39. The van der Waals surface area contributed by atoms with Crippen LogP contribution in [0.4, 0.5) is 0 Å². The molecule has 3 aromatic heterocycles. The maximum absolute atomic E-state index is 13.5. The Morgan fingerprint density at radius 1 is 1.09 bits per heavy atom. The standard InChI is InChI=1S/C24H18ClN5O3/c1-14-20(21(31)23-28-29-24(33-23)22-26-10-3-11-27-22)18-12-17(32-2)8-9-19(18)30(14)13-15-4-6-16(25)7-5-15/h3-12H,13H2,1-2H3. The van der Waals surface area contributed by atoms with Gasteiger partial charge in [0.05, 0.1) is 12.7 Å². The number of hydrogen-bond acceptors (Lipinski definition) is 7. The van der Waals surface area contributed by atoms with E-state index >= 15 is 0 Å². The molecule has 2 aromatic carbocycles. The molecule has 33 heavy (non-hydrogen) atoms. The Balaban J connectivity index is 1.61. The molecule has 0 aliphatic rings. The molecule has 0 amide bonds. The lowest BCUT2D eigenvalue weighted by Gasteiger charge is -2.09. The Morgan fingerprint density at radius 3 is 2.58 bits per heavy atom. The molecule has 0 N–H and O–H groups in total. The summed E-state index contributed by atoms with van der Waals surface area (Å²) in [6, 6.07) is 14.9. The normalized spacial score (nSPS) is 11.1. The highest BCUT2D eigenvalue weighted by Crippen LogP contribution is 2.32. The second-order valence-electron chi connectivity index (χ2n) is 7.37. The average Bonchev–Trinajstić information content (AvgIpc) is 3.44. The number of nitrogens with zero attached hydrogens (tertiary/aromatic N) is 5. The van der Waals surface area contributed by atoms with Gasteiger partial charge in [0.25, 0.3) is 17.6 Å². The summed E-state index contributed by atoms with van der Waals surface area (Å²) >= 11 is 6.04. The number of halogens is 1. The number of benzene rings is 2. The topological polar surface area (TPSA) is 95.9 Å². The fourth-order valence-corrected chi connectivity index (χ4v) is 3.90. The summed E-state index contributed by atoms with van der Waals surface area (Å²) in [6.07, 6.45) is 3.13. The third kappa shape index (κ3) is 3.85. The summed E-state index contributed by atoms with van der Waals surface area (Å²) in [6.45, 7) is 2.46. The lowest BCUT2D eigenvalue weighted by Crippen LogP contribution is -2.06. The molecule has 0 saturated heterocycles. The van der Waals surface area contributed by atoms with Crippen LogP contribution in [0.3, 0.4) is 0 Å². The van der Waals surface area contributed by atoms with E-state index in [9.17, 15) is 4.79 Å². The van der Waals surface area contributed by atoms with Crippen molar-refractivity contribution in [2.24, 2.45) is 0 Å². The largest absolute Gasteiger partial charge is 0.497 e. The fraction of sp³-hybridized carbons (Fsp3) is 0.125. The fourth-order valence-electron chi connectivity index (χ4n) is 3.77. The first-order valence-corrected chi connectivity index (χ1v) is 10.5. The van der Waals surface area contributed by atoms with Crippen LogP contribution in [0.1, 0.15) is 27.5 Å². The van der Waals surface area contributed by atoms with Crippen molar-refractivity contribution in [1.29, 1.82) is 0 Å². The zero-order valence-corrected chi connectivity index (χ0v) is 18.6. The predicted molar refractivity (Wildman–Crippen MR) is 123 cm³/mol. The summed E-state index contributed by atoms with van der Waals surface area (Å²) in [5.74, 6) is 0.472. The van der Waals surface area contributed by atoms with Gasteiger partial charge in [0.2, 0.25) is 5.82 Å². The summed E-state index contributed by atoms with van der Waals surface area (Å²) in [4.78, 5) is 21.7. The van der Waals surface area contributed by atoms with Gasteiger partial charge in [-0.2, -0.15) is 0 Å². The molecular weight excluding hydrogens is 442 g/mol. The van der Waals surface area contributed by atoms with Crippen LogP contribution >= 0.6 is 11.6 Å². The number of rotatable bonds is 6. The Bertz CT molecular complexity index is 1460. The zero-order chi connectivity index (χ0) is 22.9. The second-order valence-corrected chi connectivity index (χ2v) is 7.81. The molecule has 9 heteroatoms. The first-order valence-electron chi connectivity index (χ1n) is 10.1. The number of carbonyl (C=O) groups is 1. The smallest absolute Gasteiger partial charge is 0.289 e. The lowest BCUT2D eigenvalue weighted by atomic mass is 10.1. The number of hydrogen-bond donors (Lipinski definition) is 0. The molecular formula is C24H18ClN5O3. The van der Waals surface area contributed by atoms with Crippen molar-refractivity contribution in [3.05, 3.63) is 88.7 Å². The Labute approximate surface area is 193 Å². The number of fused-ring (bicyclic) bond motifs is 1. The van der Waals surface area contributed by atoms with E-state index < -0.39 is 0 Å². The zero-order valence-electron chi connectivity index (χ0n) is 17.8. The average molecular weight is 460 g/mol. The van der Waals surface area contributed by atoms with E-state index in [4.69, 9.17) is 20.8 Å². The van der Waals surface area contributed by atoms with Crippen molar-refractivity contribution >= 4 is 28.3 Å². The summed E-state index contributed by atoms with van der Waals surface area (Å²) in [5, 5.41) is 9.32. The molecule has 0 fully saturated rings. The monoisotopic (exact) mass is 459 g/mol. The molecule has 0 radical (unpaired) electrons. The van der Waals surface area contributed by atoms with Gasteiger partial charge in [-0.05, 0) is 48.9 Å². The molecule has 5 aromatic rings. The third-order valence-corrected chi connectivity index (χ3v) is 5.64. The molecule has 3 heterocycles. The molecule has 0 atom stereocenters. The molecule has 5 rings (SSSR count). The van der Waals surface area contributed by atoms with E-state index in [2.05, 4.69) is 24.7 Å². The molecule has 0 aliphatic heterocycles. The predicted octanol–water partition coefficient (Wildman–Crippen LogP) is 4.73. The minimum atomic E-state index is -0.379. The van der Waals surface area contributed by atoms with E-state index in [-0.39, 0.29) is 23.4 Å². The van der Waals surface area contributed by atoms with E-state index in [0.29, 0.717) is 22.9 Å². The highest BCUT2D eigenvalue weighted by molar-refractivity contribution is 6.30. The van der Waals surface area contributed by atoms with Crippen LogP contribution in [0, 0.1) is 6.92 Å². The van der Waals surface area contributed by atoms with Gasteiger partial charge >= 0.3 is 0 Å². The van der Waals surface area contributed by atoms with Gasteiger partial charge < -0.3 is 13.7 Å². The van der Waals surface area contributed by atoms with Crippen LogP contribution in [0.25, 0.3) is 22.6 Å². The first kappa shape index (κ1) is 20.8. The molecule has 0 aliphatic carbocycles. The molecule has 0 spiro atoms. The van der Waals surface area contributed by atoms with Crippen molar-refractivity contribution in [1.82, 2.24) is 24.7 Å². The van der Waals surface area contributed by atoms with Crippen molar-refractivity contribution in [3.8, 4) is 17.5 Å². The van der Waals surface area contributed by atoms with Crippen LogP contribution in [0.2, 0.25) is 5.02 Å². The van der Waals surface area contributed by atoms with Crippen LogP contribution in [0.5, 0.6) is 5.75 Å². The molecule has 0 unspecified atom stereocenters. The summed E-state index contributed by atoms with van der Waals surface area (Å²) in [7, 11) is 1.59. The Hall–Kier alpha value is -4.04. The van der Waals surface area contributed by atoms with Crippen molar-refractivity contribution in [2.75, 3.05) is 7.11 Å². The van der Waals surface area contributed by atoms with Crippen LogP contribution in [-0.4, -0.2) is 37.6 Å². The SMILES string of the molecule is COc1ccc2c(c1)c(C(=O)c1nnc(-c3ncccn3)o1)c(C)n2Cc1ccc(Cl)cc1. The van der Waals surface area contributed by atoms with Gasteiger partial charge in [-0.15, -0.1) is 10.2 Å². The van der Waals surface area contributed by atoms with Gasteiger partial charge in [-0.1, -0.05) is 23.7 Å². The van der Waals surface area contributed by atoms with Gasteiger partial charge in [0.15, 0.2) is 0 Å². The first-order chi connectivity index (χ1) is 16.0. The minimum absolute atomic E-state index is 0.0825. The number of carbonyl (C=O) groups excluding carboxylic acids is 1. The molecule has 164 valence electrons.